The zero-order valence-electron chi connectivity index (χ0n) is 8.82. The van der Waals surface area contributed by atoms with E-state index in [-0.39, 0.29) is 0 Å². The molecule has 1 fully saturated rings. The molecule has 2 aliphatic heterocycles. The SMILES string of the molecule is CNc1nc2n(n1)C1CCNCC1CN2. The molecule has 2 atom stereocenters. The average Bonchev–Trinajstić information content (AvgIpc) is 2.72. The Morgan fingerprint density at radius 3 is 3.27 bits per heavy atom. The minimum Gasteiger partial charge on any atom is -0.356 e. The van der Waals surface area contributed by atoms with Crippen LogP contribution in [-0.4, -0.2) is 41.4 Å². The van der Waals surface area contributed by atoms with Crippen molar-refractivity contribution in [3.05, 3.63) is 0 Å². The van der Waals surface area contributed by atoms with Crippen LogP contribution in [0.2, 0.25) is 0 Å². The number of hydrogen-bond acceptors (Lipinski definition) is 5. The highest BCUT2D eigenvalue weighted by Crippen LogP contribution is 2.31. The molecule has 0 spiro atoms. The Kier molecular flexibility index (Phi) is 2.02. The number of fused-ring (bicyclic) bond motifs is 3. The molecule has 0 aromatic carbocycles. The van der Waals surface area contributed by atoms with Gasteiger partial charge in [-0.25, -0.2) is 4.68 Å². The van der Waals surface area contributed by atoms with Crippen LogP contribution in [0, 0.1) is 5.92 Å². The molecule has 15 heavy (non-hydrogen) atoms. The van der Waals surface area contributed by atoms with Gasteiger partial charge in [-0.05, 0) is 13.0 Å². The molecular weight excluding hydrogens is 192 g/mol. The van der Waals surface area contributed by atoms with Crippen LogP contribution < -0.4 is 16.0 Å². The lowest BCUT2D eigenvalue weighted by Gasteiger charge is -2.36. The summed E-state index contributed by atoms with van der Waals surface area (Å²) < 4.78 is 2.04. The number of nitrogens with zero attached hydrogens (tertiary/aromatic N) is 3. The van der Waals surface area contributed by atoms with Crippen molar-refractivity contribution in [3.8, 4) is 0 Å². The van der Waals surface area contributed by atoms with Crippen LogP contribution in [0.1, 0.15) is 12.5 Å². The molecule has 3 rings (SSSR count). The van der Waals surface area contributed by atoms with Crippen molar-refractivity contribution in [2.45, 2.75) is 12.5 Å². The quantitative estimate of drug-likeness (QED) is 0.601. The van der Waals surface area contributed by atoms with Crippen molar-refractivity contribution >= 4 is 11.9 Å². The second-order valence-corrected chi connectivity index (χ2v) is 4.15. The van der Waals surface area contributed by atoms with Gasteiger partial charge in [0, 0.05) is 26.1 Å². The standard InChI is InChI=1S/C9H16N6/c1-10-8-13-9-12-5-6-4-11-3-2-7(6)15(9)14-8/h6-7,11H,2-5H2,1H3,(H2,10,12,13,14). The summed E-state index contributed by atoms with van der Waals surface area (Å²) in [6.45, 7) is 3.15. The Hall–Kier alpha value is -1.30. The molecule has 1 aromatic heterocycles. The molecule has 1 aromatic rings. The summed E-state index contributed by atoms with van der Waals surface area (Å²) in [7, 11) is 1.85. The van der Waals surface area contributed by atoms with Crippen LogP contribution in [0.5, 0.6) is 0 Å². The maximum absolute atomic E-state index is 4.46. The maximum Gasteiger partial charge on any atom is 0.243 e. The van der Waals surface area contributed by atoms with Crippen LogP contribution in [0.25, 0.3) is 0 Å². The van der Waals surface area contributed by atoms with Crippen LogP contribution in [0.3, 0.4) is 0 Å². The van der Waals surface area contributed by atoms with Crippen LogP contribution >= 0.6 is 0 Å². The van der Waals surface area contributed by atoms with Crippen molar-refractivity contribution in [2.24, 2.45) is 5.92 Å². The first-order valence-electron chi connectivity index (χ1n) is 5.47. The second kappa shape index (κ2) is 3.37. The Labute approximate surface area is 88.5 Å². The summed E-state index contributed by atoms with van der Waals surface area (Å²) in [5.74, 6) is 2.25. The van der Waals surface area contributed by atoms with Gasteiger partial charge in [0.05, 0.1) is 6.04 Å². The van der Waals surface area contributed by atoms with Crippen molar-refractivity contribution < 1.29 is 0 Å². The molecule has 0 saturated carbocycles. The third kappa shape index (κ3) is 1.36. The first kappa shape index (κ1) is 8.96. The van der Waals surface area contributed by atoms with E-state index in [1.807, 2.05) is 11.7 Å². The lowest BCUT2D eigenvalue weighted by molar-refractivity contribution is 0.237. The first-order chi connectivity index (χ1) is 7.38. The maximum atomic E-state index is 4.46. The molecule has 0 aliphatic carbocycles. The summed E-state index contributed by atoms with van der Waals surface area (Å²) in [6.07, 6.45) is 1.14. The molecule has 82 valence electrons. The second-order valence-electron chi connectivity index (χ2n) is 4.15. The molecule has 3 heterocycles. The Bertz CT molecular complexity index is 359. The van der Waals surface area contributed by atoms with Gasteiger partial charge in [-0.3, -0.25) is 0 Å². The Morgan fingerprint density at radius 1 is 1.47 bits per heavy atom. The van der Waals surface area contributed by atoms with Crippen molar-refractivity contribution in [1.82, 2.24) is 20.1 Å². The van der Waals surface area contributed by atoms with E-state index in [2.05, 4.69) is 26.0 Å². The van der Waals surface area contributed by atoms with Gasteiger partial charge in [-0.2, -0.15) is 4.98 Å². The van der Waals surface area contributed by atoms with Crippen LogP contribution in [0.4, 0.5) is 11.9 Å². The number of aromatic nitrogens is 3. The third-order valence-corrected chi connectivity index (χ3v) is 3.26. The molecule has 6 nitrogen and oxygen atoms in total. The van der Waals surface area contributed by atoms with E-state index in [0.29, 0.717) is 17.9 Å². The number of nitrogens with one attached hydrogen (secondary N) is 3. The molecule has 6 heteroatoms. The first-order valence-corrected chi connectivity index (χ1v) is 5.47. The van der Waals surface area contributed by atoms with E-state index >= 15 is 0 Å². The highest BCUT2D eigenvalue weighted by Gasteiger charge is 2.33. The van der Waals surface area contributed by atoms with Gasteiger partial charge in [-0.1, -0.05) is 0 Å². The number of hydrogen-bond donors (Lipinski definition) is 3. The average molecular weight is 208 g/mol. The lowest BCUT2D eigenvalue weighted by Crippen LogP contribution is -2.44. The molecule has 0 bridgehead atoms. The number of piperidine rings is 1. The van der Waals surface area contributed by atoms with Crippen LogP contribution in [0.15, 0.2) is 0 Å². The molecule has 0 amide bonds. The van der Waals surface area contributed by atoms with Crippen LogP contribution in [-0.2, 0) is 0 Å². The van der Waals surface area contributed by atoms with E-state index < -0.39 is 0 Å². The van der Waals surface area contributed by atoms with Crippen molar-refractivity contribution in [1.29, 1.82) is 0 Å². The number of anilines is 2. The normalized spacial score (nSPS) is 28.9. The zero-order chi connectivity index (χ0) is 10.3. The van der Waals surface area contributed by atoms with Gasteiger partial charge in [0.25, 0.3) is 0 Å². The molecule has 1 saturated heterocycles. The van der Waals surface area contributed by atoms with Gasteiger partial charge >= 0.3 is 0 Å². The Balaban J connectivity index is 1.95. The molecule has 3 N–H and O–H groups in total. The Morgan fingerprint density at radius 2 is 2.40 bits per heavy atom. The van der Waals surface area contributed by atoms with E-state index in [1.165, 1.54) is 0 Å². The van der Waals surface area contributed by atoms with E-state index in [4.69, 9.17) is 0 Å². The smallest absolute Gasteiger partial charge is 0.243 e. The highest BCUT2D eigenvalue weighted by atomic mass is 15.5. The van der Waals surface area contributed by atoms with Gasteiger partial charge in [0.15, 0.2) is 0 Å². The number of rotatable bonds is 1. The monoisotopic (exact) mass is 208 g/mol. The minimum atomic E-state index is 0.511. The van der Waals surface area contributed by atoms with Crippen molar-refractivity contribution in [3.63, 3.8) is 0 Å². The fraction of sp³-hybridized carbons (Fsp3) is 0.778. The summed E-state index contributed by atoms with van der Waals surface area (Å²) in [5, 5.41) is 14.2. The van der Waals surface area contributed by atoms with Gasteiger partial charge < -0.3 is 16.0 Å². The van der Waals surface area contributed by atoms with Gasteiger partial charge in [0.2, 0.25) is 11.9 Å². The predicted octanol–water partition coefficient (Wildman–Crippen LogP) is -0.104. The molecular formula is C9H16N6. The molecule has 2 unspecified atom stereocenters. The minimum absolute atomic E-state index is 0.511. The summed E-state index contributed by atoms with van der Waals surface area (Å²) in [4.78, 5) is 4.37. The lowest BCUT2D eigenvalue weighted by atomic mass is 9.92. The van der Waals surface area contributed by atoms with E-state index in [0.717, 1.165) is 32.0 Å². The third-order valence-electron chi connectivity index (χ3n) is 3.26. The van der Waals surface area contributed by atoms with E-state index in [9.17, 15) is 0 Å². The fourth-order valence-electron chi connectivity index (χ4n) is 2.44. The summed E-state index contributed by atoms with van der Waals surface area (Å²) in [5.41, 5.74) is 0. The van der Waals surface area contributed by atoms with Crippen molar-refractivity contribution in [2.75, 3.05) is 37.3 Å². The largest absolute Gasteiger partial charge is 0.356 e. The fourth-order valence-corrected chi connectivity index (χ4v) is 2.44. The highest BCUT2D eigenvalue weighted by molar-refractivity contribution is 5.37. The molecule has 0 radical (unpaired) electrons. The van der Waals surface area contributed by atoms with E-state index in [1.54, 1.807) is 0 Å². The topological polar surface area (TPSA) is 66.8 Å². The summed E-state index contributed by atoms with van der Waals surface area (Å²) >= 11 is 0. The molecule has 2 aliphatic rings. The summed E-state index contributed by atoms with van der Waals surface area (Å²) in [6, 6.07) is 0.511. The van der Waals surface area contributed by atoms with Gasteiger partial charge in [0.1, 0.15) is 0 Å². The van der Waals surface area contributed by atoms with Gasteiger partial charge in [-0.15, -0.1) is 5.10 Å². The zero-order valence-corrected chi connectivity index (χ0v) is 8.82. The predicted molar refractivity (Wildman–Crippen MR) is 58.1 cm³/mol.